The highest BCUT2D eigenvalue weighted by Crippen LogP contribution is 2.45. The van der Waals surface area contributed by atoms with Crippen LogP contribution in [0, 0.1) is 0 Å². The summed E-state index contributed by atoms with van der Waals surface area (Å²) in [6.45, 7) is 0.585. The summed E-state index contributed by atoms with van der Waals surface area (Å²) < 4.78 is 0. The molecule has 0 radical (unpaired) electrons. The first-order chi connectivity index (χ1) is 15.7. The Morgan fingerprint density at radius 2 is 1.97 bits per heavy atom. The van der Waals surface area contributed by atoms with Crippen molar-refractivity contribution in [2.24, 2.45) is 0 Å². The van der Waals surface area contributed by atoms with Crippen LogP contribution in [0.4, 0.5) is 11.4 Å². The summed E-state index contributed by atoms with van der Waals surface area (Å²) in [6, 6.07) is 15.5. The number of anilines is 2. The van der Waals surface area contributed by atoms with E-state index in [1.165, 1.54) is 0 Å². The predicted molar refractivity (Wildman–Crippen MR) is 126 cm³/mol. The van der Waals surface area contributed by atoms with Gasteiger partial charge in [-0.2, -0.15) is 0 Å². The van der Waals surface area contributed by atoms with Crippen LogP contribution in [-0.2, 0) is 16.1 Å². The van der Waals surface area contributed by atoms with Crippen molar-refractivity contribution in [3.8, 4) is 0 Å². The third-order valence-corrected chi connectivity index (χ3v) is 6.83. The number of hydrogen-bond acceptors (Lipinski definition) is 6. The first-order valence-electron chi connectivity index (χ1n) is 10.8. The van der Waals surface area contributed by atoms with E-state index >= 15 is 0 Å². The van der Waals surface area contributed by atoms with Crippen LogP contribution in [0.3, 0.4) is 0 Å². The van der Waals surface area contributed by atoms with Gasteiger partial charge in [0.2, 0.25) is 5.91 Å². The van der Waals surface area contributed by atoms with Gasteiger partial charge < -0.3 is 15.5 Å². The van der Waals surface area contributed by atoms with E-state index in [9.17, 15) is 9.59 Å². The Bertz CT molecular complexity index is 1160. The molecule has 0 saturated heterocycles. The molecule has 1 aliphatic carbocycles. The number of Topliss-reactive ketones (excluding diaryl/α,β-unsaturated/α-hetero) is 1. The lowest BCUT2D eigenvalue weighted by molar-refractivity contribution is -0.120. The number of pyridine rings is 1. The van der Waals surface area contributed by atoms with Crippen LogP contribution in [0.5, 0.6) is 0 Å². The molecule has 2 aliphatic rings. The number of rotatable bonds is 5. The Labute approximate surface area is 191 Å². The van der Waals surface area contributed by atoms with Crippen LogP contribution in [0.1, 0.15) is 35.7 Å². The molecule has 0 spiro atoms. The molecule has 0 fully saturated rings. The minimum Gasteiger partial charge on any atom is -0.357 e. The summed E-state index contributed by atoms with van der Waals surface area (Å²) in [4.78, 5) is 33.4. The fourth-order valence-corrected chi connectivity index (χ4v) is 5.27. The molecule has 2 aromatic heterocycles. The fourth-order valence-electron chi connectivity index (χ4n) is 4.43. The molecule has 1 atom stereocenters. The summed E-state index contributed by atoms with van der Waals surface area (Å²) in [5.41, 5.74) is 4.61. The van der Waals surface area contributed by atoms with Gasteiger partial charge in [-0.1, -0.05) is 18.2 Å². The highest BCUT2D eigenvalue weighted by molar-refractivity contribution is 7.10. The number of carbonyl (C=O) groups is 2. The Morgan fingerprint density at radius 1 is 1.12 bits per heavy atom. The minimum atomic E-state index is -0.291. The summed E-state index contributed by atoms with van der Waals surface area (Å²) in [7, 11) is 0. The number of benzene rings is 1. The lowest BCUT2D eigenvalue weighted by Gasteiger charge is -2.34. The zero-order valence-electron chi connectivity index (χ0n) is 17.6. The molecular weight excluding hydrogens is 420 g/mol. The molecule has 162 valence electrons. The maximum absolute atomic E-state index is 13.2. The number of hydrogen-bond donors (Lipinski definition) is 2. The molecule has 3 heterocycles. The summed E-state index contributed by atoms with van der Waals surface area (Å²) in [5, 5.41) is 8.57. The van der Waals surface area contributed by atoms with E-state index in [0.29, 0.717) is 13.0 Å². The largest absolute Gasteiger partial charge is 0.357 e. The Morgan fingerprint density at radius 3 is 2.78 bits per heavy atom. The molecule has 7 heteroatoms. The van der Waals surface area contributed by atoms with Gasteiger partial charge in [0.25, 0.3) is 0 Å². The standard InChI is InChI=1S/C25H24N4O2S/c30-21-8-3-6-19-24(21)25(22-9-4-14-32-22)29(20-7-2-1-5-18(20)28-19)16-23(31)27-15-17-10-12-26-13-11-17/h1-2,4-5,7,9-14,25,28H,3,6,8,15-16H2,(H,27,31)/t25-/m1/s1. The zero-order valence-corrected chi connectivity index (χ0v) is 18.4. The highest BCUT2D eigenvalue weighted by Gasteiger charge is 2.37. The molecule has 3 aromatic rings. The number of nitrogens with zero attached hydrogens (tertiary/aromatic N) is 2. The van der Waals surface area contributed by atoms with E-state index in [1.807, 2.05) is 47.8 Å². The van der Waals surface area contributed by atoms with Gasteiger partial charge in [-0.25, -0.2) is 0 Å². The van der Waals surface area contributed by atoms with Crippen LogP contribution < -0.4 is 15.5 Å². The van der Waals surface area contributed by atoms with E-state index in [0.717, 1.165) is 45.9 Å². The van der Waals surface area contributed by atoms with Crippen LogP contribution >= 0.6 is 11.3 Å². The van der Waals surface area contributed by atoms with E-state index < -0.39 is 0 Å². The zero-order chi connectivity index (χ0) is 21.9. The van der Waals surface area contributed by atoms with Crippen molar-refractivity contribution in [2.45, 2.75) is 31.8 Å². The van der Waals surface area contributed by atoms with Crippen LogP contribution in [0.2, 0.25) is 0 Å². The molecule has 1 amide bonds. The molecule has 2 N–H and O–H groups in total. The van der Waals surface area contributed by atoms with Gasteiger partial charge in [0.15, 0.2) is 5.78 Å². The number of amides is 1. The van der Waals surface area contributed by atoms with E-state index in [-0.39, 0.29) is 24.3 Å². The Kier molecular flexibility index (Phi) is 5.73. The number of thiophene rings is 1. The number of fused-ring (bicyclic) bond motifs is 1. The smallest absolute Gasteiger partial charge is 0.239 e. The van der Waals surface area contributed by atoms with Crippen molar-refractivity contribution < 1.29 is 9.59 Å². The quantitative estimate of drug-likeness (QED) is 0.609. The molecule has 5 rings (SSSR count). The first-order valence-corrected chi connectivity index (χ1v) is 11.7. The molecule has 0 saturated carbocycles. The van der Waals surface area contributed by atoms with Crippen molar-refractivity contribution in [1.82, 2.24) is 10.3 Å². The predicted octanol–water partition coefficient (Wildman–Crippen LogP) is 4.44. The second-order valence-electron chi connectivity index (χ2n) is 7.99. The van der Waals surface area contributed by atoms with Crippen molar-refractivity contribution >= 4 is 34.4 Å². The van der Waals surface area contributed by atoms with E-state index in [1.54, 1.807) is 23.7 Å². The minimum absolute atomic E-state index is 0.0921. The van der Waals surface area contributed by atoms with Gasteiger partial charge in [0.1, 0.15) is 0 Å². The summed E-state index contributed by atoms with van der Waals surface area (Å²) in [5.74, 6) is 0.0672. The monoisotopic (exact) mass is 444 g/mol. The topological polar surface area (TPSA) is 74.3 Å². The molecule has 32 heavy (non-hydrogen) atoms. The van der Waals surface area contributed by atoms with Gasteiger partial charge in [-0.3, -0.25) is 14.6 Å². The van der Waals surface area contributed by atoms with Gasteiger partial charge in [0, 0.05) is 41.5 Å². The second kappa shape index (κ2) is 8.96. The molecule has 0 bridgehead atoms. The van der Waals surface area contributed by atoms with Crippen LogP contribution in [0.15, 0.2) is 77.6 Å². The summed E-state index contributed by atoms with van der Waals surface area (Å²) in [6.07, 6.45) is 5.65. The lowest BCUT2D eigenvalue weighted by atomic mass is 9.88. The van der Waals surface area contributed by atoms with Crippen LogP contribution in [-0.4, -0.2) is 23.2 Å². The number of aromatic nitrogens is 1. The summed E-state index contributed by atoms with van der Waals surface area (Å²) >= 11 is 1.62. The number of ketones is 1. The third-order valence-electron chi connectivity index (χ3n) is 5.91. The molecule has 0 unspecified atom stereocenters. The second-order valence-corrected chi connectivity index (χ2v) is 8.97. The maximum Gasteiger partial charge on any atom is 0.239 e. The van der Waals surface area contributed by atoms with Crippen molar-refractivity contribution in [3.63, 3.8) is 0 Å². The van der Waals surface area contributed by atoms with Crippen LogP contribution in [0.25, 0.3) is 0 Å². The van der Waals surface area contributed by atoms with Gasteiger partial charge >= 0.3 is 0 Å². The average Bonchev–Trinajstić information content (AvgIpc) is 3.30. The normalized spacial score (nSPS) is 17.8. The lowest BCUT2D eigenvalue weighted by Crippen LogP contribution is -2.40. The number of allylic oxidation sites excluding steroid dienone is 1. The SMILES string of the molecule is O=C(CN1c2ccccc2NC2=C(C(=O)CCC2)[C@H]1c1cccs1)NCc1ccncc1. The average molecular weight is 445 g/mol. The Hall–Kier alpha value is -3.45. The number of carbonyl (C=O) groups excluding carboxylic acids is 2. The molecule has 1 aromatic carbocycles. The number of nitrogens with one attached hydrogen (secondary N) is 2. The molecule has 6 nitrogen and oxygen atoms in total. The first kappa shape index (κ1) is 20.5. The van der Waals surface area contributed by atoms with Gasteiger partial charge in [-0.05, 0) is 54.1 Å². The maximum atomic E-state index is 13.2. The van der Waals surface area contributed by atoms with E-state index in [2.05, 4.69) is 26.6 Å². The van der Waals surface area contributed by atoms with E-state index in [4.69, 9.17) is 0 Å². The van der Waals surface area contributed by atoms with Crippen molar-refractivity contribution in [3.05, 3.63) is 88.0 Å². The number of para-hydroxylation sites is 2. The Balaban J connectivity index is 1.52. The molecular formula is C25H24N4O2S. The fraction of sp³-hybridized carbons (Fsp3) is 0.240. The van der Waals surface area contributed by atoms with Crippen molar-refractivity contribution in [2.75, 3.05) is 16.8 Å². The van der Waals surface area contributed by atoms with Gasteiger partial charge in [-0.15, -0.1) is 11.3 Å². The third kappa shape index (κ3) is 4.03. The van der Waals surface area contributed by atoms with Crippen molar-refractivity contribution in [1.29, 1.82) is 0 Å². The molecule has 1 aliphatic heterocycles. The highest BCUT2D eigenvalue weighted by atomic mass is 32.1. The van der Waals surface area contributed by atoms with Gasteiger partial charge in [0.05, 0.1) is 24.0 Å².